The zero-order valence-corrected chi connectivity index (χ0v) is 20.5. The SMILES string of the molecule is COc1cc(-c2[nH]nc(-c3ncc(N4C[C@H](C)N(C)C[C@H]4C)s3)c2CC(F)(F)F)cn2ncnc12. The molecule has 0 spiro atoms. The molecule has 1 aliphatic rings. The third kappa shape index (κ3) is 4.45. The van der Waals surface area contributed by atoms with Gasteiger partial charge in [-0.15, -0.1) is 0 Å². The fraction of sp³-hybridized carbons (Fsp3) is 0.455. The lowest BCUT2D eigenvalue weighted by Crippen LogP contribution is -2.54. The molecule has 9 nitrogen and oxygen atoms in total. The minimum atomic E-state index is -4.43. The highest BCUT2D eigenvalue weighted by Crippen LogP contribution is 2.39. The topological polar surface area (TPSA) is 87.5 Å². The highest BCUT2D eigenvalue weighted by atomic mass is 32.1. The quantitative estimate of drug-likeness (QED) is 0.440. The third-order valence-corrected chi connectivity index (χ3v) is 7.41. The normalized spacial score (nSPS) is 19.6. The van der Waals surface area contributed by atoms with E-state index in [0.717, 1.165) is 18.1 Å². The van der Waals surface area contributed by atoms with E-state index in [1.807, 2.05) is 0 Å². The first-order valence-electron chi connectivity index (χ1n) is 11.1. The van der Waals surface area contributed by atoms with Crippen LogP contribution in [0, 0.1) is 0 Å². The summed E-state index contributed by atoms with van der Waals surface area (Å²) < 4.78 is 47.8. The van der Waals surface area contributed by atoms with Gasteiger partial charge in [0.05, 0.1) is 25.4 Å². The van der Waals surface area contributed by atoms with Crippen molar-refractivity contribution in [2.45, 2.75) is 38.5 Å². The van der Waals surface area contributed by atoms with Gasteiger partial charge < -0.3 is 9.64 Å². The molecule has 186 valence electrons. The van der Waals surface area contributed by atoms with Gasteiger partial charge in [0.15, 0.2) is 11.4 Å². The molecule has 0 amide bonds. The largest absolute Gasteiger partial charge is 0.493 e. The number of nitrogens with zero attached hydrogens (tertiary/aromatic N) is 7. The van der Waals surface area contributed by atoms with Crippen molar-refractivity contribution in [2.24, 2.45) is 0 Å². The number of aromatic amines is 1. The van der Waals surface area contributed by atoms with Crippen molar-refractivity contribution in [1.82, 2.24) is 34.7 Å². The lowest BCUT2D eigenvalue weighted by Gasteiger charge is -2.42. The average molecular weight is 507 g/mol. The van der Waals surface area contributed by atoms with Crippen molar-refractivity contribution >= 4 is 22.0 Å². The van der Waals surface area contributed by atoms with Crippen LogP contribution in [0.15, 0.2) is 24.8 Å². The maximum Gasteiger partial charge on any atom is 0.393 e. The van der Waals surface area contributed by atoms with E-state index in [-0.39, 0.29) is 23.0 Å². The Hall–Kier alpha value is -3.19. The summed E-state index contributed by atoms with van der Waals surface area (Å²) >= 11 is 1.35. The monoisotopic (exact) mass is 506 g/mol. The minimum Gasteiger partial charge on any atom is -0.493 e. The first-order valence-corrected chi connectivity index (χ1v) is 11.9. The molecule has 4 aromatic heterocycles. The highest BCUT2D eigenvalue weighted by molar-refractivity contribution is 7.18. The maximum atomic E-state index is 13.7. The first-order chi connectivity index (χ1) is 16.6. The second-order valence-corrected chi connectivity index (χ2v) is 9.85. The Labute approximate surface area is 203 Å². The molecule has 0 bridgehead atoms. The van der Waals surface area contributed by atoms with Crippen LogP contribution in [0.25, 0.3) is 27.6 Å². The van der Waals surface area contributed by atoms with E-state index < -0.39 is 12.6 Å². The number of anilines is 1. The Balaban J connectivity index is 1.56. The molecule has 0 aromatic carbocycles. The molecule has 5 rings (SSSR count). The predicted molar refractivity (Wildman–Crippen MR) is 127 cm³/mol. The molecule has 5 heterocycles. The number of halogens is 3. The number of hydrogen-bond acceptors (Lipinski definition) is 8. The van der Waals surface area contributed by atoms with Crippen molar-refractivity contribution in [2.75, 3.05) is 32.1 Å². The smallest absolute Gasteiger partial charge is 0.393 e. The van der Waals surface area contributed by atoms with E-state index in [1.165, 1.54) is 29.3 Å². The molecular weight excluding hydrogens is 481 g/mol. The van der Waals surface area contributed by atoms with E-state index in [2.05, 4.69) is 56.0 Å². The number of hydrogen-bond donors (Lipinski definition) is 1. The number of alkyl halides is 3. The number of rotatable bonds is 5. The van der Waals surface area contributed by atoms with Gasteiger partial charge >= 0.3 is 6.18 Å². The average Bonchev–Trinajstić information content (AvgIpc) is 3.53. The van der Waals surface area contributed by atoms with Crippen molar-refractivity contribution < 1.29 is 17.9 Å². The third-order valence-electron chi connectivity index (χ3n) is 6.37. The summed E-state index contributed by atoms with van der Waals surface area (Å²) in [6, 6.07) is 2.24. The molecule has 0 aliphatic carbocycles. The Morgan fingerprint density at radius 3 is 2.74 bits per heavy atom. The molecule has 1 fully saturated rings. The van der Waals surface area contributed by atoms with Crippen LogP contribution in [0.3, 0.4) is 0 Å². The number of methoxy groups -OCH3 is 1. The van der Waals surface area contributed by atoms with Crippen molar-refractivity contribution in [3.8, 4) is 27.7 Å². The van der Waals surface area contributed by atoms with Crippen LogP contribution in [0.4, 0.5) is 18.2 Å². The fourth-order valence-corrected chi connectivity index (χ4v) is 5.50. The standard InChI is InChI=1S/C22H25F3N8OS/c1-12-9-32(13(2)8-31(12)3)17-7-26-21(35-17)19-15(6-22(23,24)25)18(29-30-19)14-5-16(34-4)20-27-11-28-33(20)10-14/h5,7,10-13H,6,8-9H2,1-4H3,(H,29,30)/t12-,13+/m0/s1. The molecule has 1 N–H and O–H groups in total. The lowest BCUT2D eigenvalue weighted by atomic mass is 10.0. The molecule has 1 saturated heterocycles. The summed E-state index contributed by atoms with van der Waals surface area (Å²) in [6.07, 6.45) is -0.902. The first kappa shape index (κ1) is 23.5. The second-order valence-electron chi connectivity index (χ2n) is 8.84. The van der Waals surface area contributed by atoms with E-state index >= 15 is 0 Å². The number of likely N-dealkylation sites (N-methyl/N-ethyl adjacent to an activating group) is 1. The van der Waals surface area contributed by atoms with Crippen LogP contribution < -0.4 is 9.64 Å². The van der Waals surface area contributed by atoms with Crippen molar-refractivity contribution in [3.05, 3.63) is 30.4 Å². The number of thiazole rings is 1. The Morgan fingerprint density at radius 1 is 1.20 bits per heavy atom. The van der Waals surface area contributed by atoms with Gasteiger partial charge in [-0.1, -0.05) is 11.3 Å². The van der Waals surface area contributed by atoms with Gasteiger partial charge in [-0.05, 0) is 27.0 Å². The number of ether oxygens (including phenoxy) is 1. The van der Waals surface area contributed by atoms with Gasteiger partial charge in [0.25, 0.3) is 0 Å². The number of pyridine rings is 1. The van der Waals surface area contributed by atoms with E-state index in [1.54, 1.807) is 18.5 Å². The summed E-state index contributed by atoms with van der Waals surface area (Å²) in [6.45, 7) is 6.00. The Bertz CT molecular complexity index is 1350. The molecule has 0 radical (unpaired) electrons. The second kappa shape index (κ2) is 8.79. The fourth-order valence-electron chi connectivity index (χ4n) is 4.45. The van der Waals surface area contributed by atoms with Crippen LogP contribution in [-0.2, 0) is 6.42 Å². The number of piperazine rings is 1. The number of H-pyrrole nitrogens is 1. The summed E-state index contributed by atoms with van der Waals surface area (Å²) in [5.41, 5.74) is 1.39. The number of fused-ring (bicyclic) bond motifs is 1. The number of nitrogens with one attached hydrogen (secondary N) is 1. The summed E-state index contributed by atoms with van der Waals surface area (Å²) in [4.78, 5) is 13.2. The molecule has 0 unspecified atom stereocenters. The maximum absolute atomic E-state index is 13.7. The van der Waals surface area contributed by atoms with Crippen molar-refractivity contribution in [1.29, 1.82) is 0 Å². The van der Waals surface area contributed by atoms with Gasteiger partial charge in [0.1, 0.15) is 22.0 Å². The van der Waals surface area contributed by atoms with Gasteiger partial charge in [0, 0.05) is 42.5 Å². The van der Waals surface area contributed by atoms with Gasteiger partial charge in [0.2, 0.25) is 0 Å². The summed E-state index contributed by atoms with van der Waals surface area (Å²) in [7, 11) is 3.57. The van der Waals surface area contributed by atoms with Crippen LogP contribution in [0.5, 0.6) is 5.75 Å². The molecular formula is C22H25F3N8OS. The molecule has 4 aromatic rings. The summed E-state index contributed by atoms with van der Waals surface area (Å²) in [5.74, 6) is 0.392. The lowest BCUT2D eigenvalue weighted by molar-refractivity contribution is -0.127. The van der Waals surface area contributed by atoms with E-state index in [4.69, 9.17) is 4.74 Å². The Morgan fingerprint density at radius 2 is 2.00 bits per heavy atom. The van der Waals surface area contributed by atoms with Crippen molar-refractivity contribution in [3.63, 3.8) is 0 Å². The molecule has 35 heavy (non-hydrogen) atoms. The van der Waals surface area contributed by atoms with E-state index in [9.17, 15) is 13.2 Å². The van der Waals surface area contributed by atoms with Gasteiger partial charge in [-0.3, -0.25) is 10.00 Å². The highest BCUT2D eigenvalue weighted by Gasteiger charge is 2.34. The van der Waals surface area contributed by atoms with Crippen LogP contribution in [0.2, 0.25) is 0 Å². The van der Waals surface area contributed by atoms with Crippen LogP contribution in [0.1, 0.15) is 19.4 Å². The number of aromatic nitrogens is 6. The molecule has 2 atom stereocenters. The molecule has 0 saturated carbocycles. The molecule has 1 aliphatic heterocycles. The zero-order valence-electron chi connectivity index (χ0n) is 19.7. The van der Waals surface area contributed by atoms with E-state index in [0.29, 0.717) is 28.0 Å². The van der Waals surface area contributed by atoms with Crippen LogP contribution >= 0.6 is 11.3 Å². The minimum absolute atomic E-state index is 0.0275. The molecule has 13 heteroatoms. The Kier molecular flexibility index (Phi) is 5.91. The van der Waals surface area contributed by atoms with Gasteiger partial charge in [-0.2, -0.15) is 23.4 Å². The zero-order chi connectivity index (χ0) is 24.9. The predicted octanol–water partition coefficient (Wildman–Crippen LogP) is 3.89. The summed E-state index contributed by atoms with van der Waals surface area (Å²) in [5, 5.41) is 12.6. The van der Waals surface area contributed by atoms with Gasteiger partial charge in [-0.25, -0.2) is 14.5 Å². The van der Waals surface area contributed by atoms with Crippen LogP contribution in [-0.4, -0.2) is 80.2 Å².